The van der Waals surface area contributed by atoms with Gasteiger partial charge < -0.3 is 0 Å². The van der Waals surface area contributed by atoms with Crippen LogP contribution in [-0.4, -0.2) is 0 Å². The van der Waals surface area contributed by atoms with Crippen LogP contribution in [0.3, 0.4) is 0 Å². The van der Waals surface area contributed by atoms with Gasteiger partial charge in [0.05, 0.1) is 0 Å². The molecule has 0 aliphatic rings. The zero-order chi connectivity index (χ0) is 40.7. The summed E-state index contributed by atoms with van der Waals surface area (Å²) in [7, 11) is 0. The number of nitrogens with zero attached hydrogens (tertiary/aromatic N) is 1. The van der Waals surface area contributed by atoms with E-state index in [2.05, 4.69) is 273 Å². The van der Waals surface area contributed by atoms with E-state index in [0.29, 0.717) is 0 Å². The fourth-order valence-electron chi connectivity index (χ4n) is 9.40. The molecule has 0 atom stereocenters. The molecule has 0 unspecified atom stereocenters. The van der Waals surface area contributed by atoms with E-state index in [1.807, 2.05) is 0 Å². The zero-order valence-corrected chi connectivity index (χ0v) is 38.6. The van der Waals surface area contributed by atoms with Gasteiger partial charge in [-0.1, -0.05) is 0 Å². The number of hydrogen-bond acceptors (Lipinski definition) is 2. The molecule has 0 radical (unpaired) electrons. The Morgan fingerprint density at radius 3 is 0.433 bits per heavy atom. The van der Waals surface area contributed by atoms with Crippen molar-refractivity contribution in [2.24, 2.45) is 3.85 Å². The summed E-state index contributed by atoms with van der Waals surface area (Å²) in [6.07, 6.45) is 0. The van der Waals surface area contributed by atoms with Crippen LogP contribution in [0.4, 0.5) is 0 Å². The maximum atomic E-state index is 16.9. The van der Waals surface area contributed by atoms with Gasteiger partial charge in [-0.2, -0.15) is 0 Å². The second-order valence-electron chi connectivity index (χ2n) is 14.7. The molecule has 0 saturated carbocycles. The first-order chi connectivity index (χ1) is 29.8. The monoisotopic (exact) mass is 1010 g/mol. The van der Waals surface area contributed by atoms with Crippen molar-refractivity contribution in [2.45, 2.75) is 0 Å². The Morgan fingerprint density at radius 1 is 0.217 bits per heavy atom. The van der Waals surface area contributed by atoms with Gasteiger partial charge in [-0.25, -0.2) is 0 Å². The van der Waals surface area contributed by atoms with Gasteiger partial charge in [0.15, 0.2) is 0 Å². The molecule has 0 spiro atoms. The maximum absolute atomic E-state index is 16.9. The molecule has 9 aromatic carbocycles. The van der Waals surface area contributed by atoms with Gasteiger partial charge in [0.25, 0.3) is 0 Å². The van der Waals surface area contributed by atoms with Crippen LogP contribution in [0.1, 0.15) is 0 Å². The number of benzene rings is 9. The molecule has 299 valence electrons. The average Bonchev–Trinajstić information content (AvgIpc) is 3.35. The molecule has 2 nitrogen and oxygen atoms in total. The summed E-state index contributed by atoms with van der Waals surface area (Å²) < 4.78 is 5.55. The predicted molar refractivity (Wildman–Crippen MR) is 265 cm³/mol. The van der Waals surface area contributed by atoms with Crippen molar-refractivity contribution in [1.82, 2.24) is 0 Å². The van der Waals surface area contributed by atoms with Crippen LogP contribution in [0, 0.1) is 4.91 Å². The normalized spacial score (nSPS) is 14.2. The second-order valence-corrected chi connectivity index (χ2v) is 63.7. The molecule has 9 rings (SSSR count). The van der Waals surface area contributed by atoms with Crippen molar-refractivity contribution < 1.29 is 14.1 Å². The summed E-state index contributed by atoms with van der Waals surface area (Å²) >= 11 is -5.30. The molecule has 0 aliphatic carbocycles. The summed E-state index contributed by atoms with van der Waals surface area (Å²) in [6.45, 7) is 0. The summed E-state index contributed by atoms with van der Waals surface area (Å²) in [5, 5.41) is 11.0. The van der Waals surface area contributed by atoms with Crippen molar-refractivity contribution in [3.63, 3.8) is 0 Å². The Hall–Kier alpha value is -5.48. The van der Waals surface area contributed by atoms with E-state index in [1.165, 1.54) is 47.7 Å². The number of nitroso groups, excluding NO2 is 1. The average molecular weight is 1010 g/mol. The molecule has 0 heterocycles. The Balaban J connectivity index is 1.74. The molecule has 0 N–H and O–H groups in total. The fourth-order valence-corrected chi connectivity index (χ4v) is 145. The quantitative estimate of drug-likeness (QED) is 0.0837. The minimum absolute atomic E-state index is 1.22. The topological polar surface area (TPSA) is 29.4 Å². The van der Waals surface area contributed by atoms with E-state index in [-0.39, 0.29) is 0 Å². The van der Waals surface area contributed by atoms with E-state index in [1.54, 1.807) is 0 Å². The fraction of sp³-hybridized carbons (Fsp3) is 0. The van der Waals surface area contributed by atoms with Crippen molar-refractivity contribution >= 4 is 64.2 Å². The van der Waals surface area contributed by atoms with Crippen LogP contribution in [0.5, 0.6) is 0 Å². The third-order valence-electron chi connectivity index (χ3n) is 11.6. The predicted octanol–water partition coefficient (Wildman–Crippen LogP) is 9.75. The first kappa shape index (κ1) is 40.0. The summed E-state index contributed by atoms with van der Waals surface area (Å²) in [4.78, 5) is 16.9. The zero-order valence-electron chi connectivity index (χ0n) is 33.2. The third kappa shape index (κ3) is 6.15. The molecule has 6 heteroatoms. The van der Waals surface area contributed by atoms with E-state index < -0.39 is 30.6 Å². The summed E-state index contributed by atoms with van der Waals surface area (Å²) in [5.74, 6) is 0. The third-order valence-corrected chi connectivity index (χ3v) is 105. The van der Waals surface area contributed by atoms with Gasteiger partial charge in [0.1, 0.15) is 0 Å². The van der Waals surface area contributed by atoms with Gasteiger partial charge in [0, 0.05) is 0 Å². The number of rotatable bonds is 13. The first-order valence-corrected chi connectivity index (χ1v) is 37.6. The van der Waals surface area contributed by atoms with E-state index in [4.69, 9.17) is 3.85 Å². The SMILES string of the molecule is O=[N][Ir]([PH](c1ccccc1)(c1ccccc1)c1ccccc1)([PH](c1ccccc1)(c1ccccc1)c1ccccc1)[PH](c1ccccc1)(c1ccccc1)c1ccccc1. The van der Waals surface area contributed by atoms with E-state index in [9.17, 15) is 0 Å². The van der Waals surface area contributed by atoms with E-state index in [0.717, 1.165) is 0 Å². The molecule has 0 aliphatic heterocycles. The summed E-state index contributed by atoms with van der Waals surface area (Å²) in [6, 6.07) is 101. The van der Waals surface area contributed by atoms with Crippen molar-refractivity contribution in [1.29, 1.82) is 0 Å². The Kier molecular flexibility index (Phi) is 11.7. The molecule has 60 heavy (non-hydrogen) atoms. The van der Waals surface area contributed by atoms with Crippen molar-refractivity contribution in [3.05, 3.63) is 278 Å². The van der Waals surface area contributed by atoms with Crippen LogP contribution < -0.4 is 47.7 Å². The molecule has 0 bridgehead atoms. The molecular formula is C54H48IrNOP3. The van der Waals surface area contributed by atoms with Gasteiger partial charge in [-0.05, 0) is 0 Å². The van der Waals surface area contributed by atoms with Gasteiger partial charge in [0.2, 0.25) is 0 Å². The molecule has 0 aromatic heterocycles. The molecule has 0 amide bonds. The van der Waals surface area contributed by atoms with Crippen molar-refractivity contribution in [2.75, 3.05) is 0 Å². The van der Waals surface area contributed by atoms with Crippen LogP contribution in [0.15, 0.2) is 277 Å². The van der Waals surface area contributed by atoms with Crippen LogP contribution >= 0.6 is 16.5 Å². The van der Waals surface area contributed by atoms with Crippen LogP contribution in [0.25, 0.3) is 0 Å². The van der Waals surface area contributed by atoms with E-state index >= 15 is 4.91 Å². The molecule has 9 aromatic rings. The standard InChI is InChI=1S/3C18H15P.Ir.NO/c3*1-4-10-16(11-5-1)19(17-12-6-2-7-13-17)18-14-8-3-9-15-18;;1-2/h3*1-15H;;/q;;;-2;-1/p+3. The van der Waals surface area contributed by atoms with Crippen LogP contribution in [-0.2, 0) is 14.1 Å². The van der Waals surface area contributed by atoms with Crippen molar-refractivity contribution in [3.8, 4) is 0 Å². The van der Waals surface area contributed by atoms with Gasteiger partial charge >= 0.3 is 360 Å². The Morgan fingerprint density at radius 2 is 0.333 bits per heavy atom. The van der Waals surface area contributed by atoms with Crippen LogP contribution in [0.2, 0.25) is 0 Å². The number of hydrogen-bond donors (Lipinski definition) is 0. The second kappa shape index (κ2) is 17.6. The van der Waals surface area contributed by atoms with Gasteiger partial charge in [-0.15, -0.1) is 0 Å². The van der Waals surface area contributed by atoms with Gasteiger partial charge in [-0.3, -0.25) is 0 Å². The minimum atomic E-state index is -5.30. The Bertz CT molecular complexity index is 2160. The molecule has 0 fully saturated rings. The first-order valence-electron chi connectivity index (χ1n) is 20.3. The Labute approximate surface area is 357 Å². The summed E-state index contributed by atoms with van der Waals surface area (Å²) in [5.41, 5.74) is -11.2. The molecular weight excluding hydrogens is 964 g/mol. The molecule has 0 saturated heterocycles.